The van der Waals surface area contributed by atoms with E-state index in [0.717, 1.165) is 11.7 Å². The maximum Gasteiger partial charge on any atom is 0.134 e. The summed E-state index contributed by atoms with van der Waals surface area (Å²) < 4.78 is 11.7. The Bertz CT molecular complexity index is 1090. The Labute approximate surface area is 319 Å². The molecule has 2 aromatic rings. The summed E-state index contributed by atoms with van der Waals surface area (Å²) in [6.45, 7) is 34.7. The first kappa shape index (κ1) is 53.0. The lowest BCUT2D eigenvalue weighted by molar-refractivity contribution is -0.116. The van der Waals surface area contributed by atoms with E-state index in [4.69, 9.17) is 9.47 Å². The molecule has 0 amide bonds. The number of Topliss-reactive ketones (excluding diaryl/α,β-unsaturated/α-hetero) is 1. The van der Waals surface area contributed by atoms with Gasteiger partial charge in [0, 0.05) is 6.42 Å². The van der Waals surface area contributed by atoms with E-state index >= 15 is 0 Å². The van der Waals surface area contributed by atoms with Crippen LogP contribution >= 0.6 is 0 Å². The van der Waals surface area contributed by atoms with Crippen molar-refractivity contribution in [1.29, 1.82) is 0 Å². The molecule has 296 valence electrons. The zero-order valence-corrected chi connectivity index (χ0v) is 36.8. The summed E-state index contributed by atoms with van der Waals surface area (Å²) in [5.74, 6) is 2.52. The molecule has 0 heterocycles. The van der Waals surface area contributed by atoms with E-state index in [1.165, 1.54) is 92.9 Å². The van der Waals surface area contributed by atoms with E-state index in [9.17, 15) is 4.79 Å². The Hall–Kier alpha value is -2.39. The minimum atomic E-state index is 0.225. The van der Waals surface area contributed by atoms with Crippen molar-refractivity contribution >= 4 is 5.78 Å². The van der Waals surface area contributed by atoms with Gasteiger partial charge in [0.25, 0.3) is 0 Å². The number of ether oxygens (including phenoxy) is 2. The number of rotatable bonds is 11. The second kappa shape index (κ2) is 33.4. The van der Waals surface area contributed by atoms with Gasteiger partial charge in [-0.15, -0.1) is 6.58 Å². The van der Waals surface area contributed by atoms with Gasteiger partial charge in [-0.25, -0.2) is 0 Å². The summed E-state index contributed by atoms with van der Waals surface area (Å²) >= 11 is 0. The van der Waals surface area contributed by atoms with Crippen LogP contribution in [0.4, 0.5) is 0 Å². The Kier molecular flexibility index (Phi) is 34.7. The molecule has 0 unspecified atom stereocenters. The third kappa shape index (κ3) is 24.5. The molecule has 0 aliphatic heterocycles. The summed E-state index contributed by atoms with van der Waals surface area (Å²) in [7, 11) is 1.69. The maximum absolute atomic E-state index is 11.6. The van der Waals surface area contributed by atoms with Crippen LogP contribution in [0.2, 0.25) is 0 Å². The van der Waals surface area contributed by atoms with Crippen LogP contribution in [0.25, 0.3) is 11.1 Å². The second-order valence-electron chi connectivity index (χ2n) is 14.5. The molecule has 0 bridgehead atoms. The van der Waals surface area contributed by atoms with Gasteiger partial charge in [-0.3, -0.25) is 4.79 Å². The summed E-state index contributed by atoms with van der Waals surface area (Å²) in [6, 6.07) is 14.5. The Morgan fingerprint density at radius 1 is 0.902 bits per heavy atom. The molecule has 2 aliphatic carbocycles. The highest BCUT2D eigenvalue weighted by atomic mass is 16.5. The van der Waals surface area contributed by atoms with Gasteiger partial charge in [0.15, 0.2) is 0 Å². The topological polar surface area (TPSA) is 35.5 Å². The van der Waals surface area contributed by atoms with Crippen molar-refractivity contribution in [1.82, 2.24) is 0 Å². The van der Waals surface area contributed by atoms with Gasteiger partial charge >= 0.3 is 0 Å². The van der Waals surface area contributed by atoms with E-state index in [1.54, 1.807) is 20.1 Å². The van der Waals surface area contributed by atoms with E-state index in [-0.39, 0.29) is 5.78 Å². The standard InChI is InChI=1S/C20H22O2.C15H30O.C4H10.C3H6.3C2H6/c1-14(21)12-17-9-5-11-19(20(17)15-6-3-7-15)16-8-4-10-18(13-16)22-2;1-5-8-13(9-6-2)16-14-10-7-11-15(3,4)12-14;1-4(2)3;1-3-2;3*1-2/h4-5,8-11,13,15H,3,6-7,12H2,1-2H3;13-14H,5-12H2,1-4H3;4H,1-3H3;3H,1H2,2H3;3*1-2H3/t;14-;;;;;/m.0...../s1. The van der Waals surface area contributed by atoms with Crippen molar-refractivity contribution in [2.24, 2.45) is 11.3 Å². The van der Waals surface area contributed by atoms with Gasteiger partial charge in [0.1, 0.15) is 11.5 Å². The largest absolute Gasteiger partial charge is 0.497 e. The van der Waals surface area contributed by atoms with Crippen molar-refractivity contribution in [3.8, 4) is 16.9 Å². The van der Waals surface area contributed by atoms with Crippen LogP contribution in [0.15, 0.2) is 55.1 Å². The van der Waals surface area contributed by atoms with Crippen LogP contribution in [0.3, 0.4) is 0 Å². The van der Waals surface area contributed by atoms with Crippen LogP contribution in [-0.2, 0) is 16.0 Å². The number of carbonyl (C=O) groups excluding carboxylic acids is 1. The molecule has 3 heteroatoms. The number of benzene rings is 2. The second-order valence-corrected chi connectivity index (χ2v) is 14.5. The molecule has 2 aliphatic rings. The van der Waals surface area contributed by atoms with Crippen LogP contribution in [0, 0.1) is 11.3 Å². The van der Waals surface area contributed by atoms with E-state index in [1.807, 2.05) is 60.6 Å². The molecular formula is C48H86O3. The fourth-order valence-electron chi connectivity index (χ4n) is 6.20. The van der Waals surface area contributed by atoms with Crippen molar-refractivity contribution in [2.45, 2.75) is 199 Å². The van der Waals surface area contributed by atoms with Gasteiger partial charge in [0.2, 0.25) is 0 Å². The lowest BCUT2D eigenvalue weighted by Gasteiger charge is -2.37. The van der Waals surface area contributed by atoms with Gasteiger partial charge in [-0.2, -0.15) is 0 Å². The SMILES string of the molecule is C=CC.CC.CC.CC.CC(C)C.CCCC(CCC)O[C@H]1CCCC(C)(C)C1.COc1cccc(-c2cccc(CC(C)=O)c2C2CCC2)c1. The predicted octanol–water partition coefficient (Wildman–Crippen LogP) is 15.6. The third-order valence-electron chi connectivity index (χ3n) is 8.30. The molecule has 1 atom stereocenters. The van der Waals surface area contributed by atoms with Crippen LogP contribution < -0.4 is 4.74 Å². The highest BCUT2D eigenvalue weighted by molar-refractivity contribution is 5.80. The van der Waals surface area contributed by atoms with Gasteiger partial charge in [-0.05, 0) is 110 Å². The summed E-state index contributed by atoms with van der Waals surface area (Å²) in [5.41, 5.74) is 5.50. The minimum absolute atomic E-state index is 0.225. The minimum Gasteiger partial charge on any atom is -0.497 e. The summed E-state index contributed by atoms with van der Waals surface area (Å²) in [5, 5.41) is 0. The molecule has 0 saturated heterocycles. The van der Waals surface area contributed by atoms with Crippen LogP contribution in [-0.4, -0.2) is 25.1 Å². The first-order valence-corrected chi connectivity index (χ1v) is 20.9. The molecule has 51 heavy (non-hydrogen) atoms. The van der Waals surface area contributed by atoms with Crippen molar-refractivity contribution in [3.05, 3.63) is 66.2 Å². The first-order valence-electron chi connectivity index (χ1n) is 20.9. The fraction of sp³-hybridized carbons (Fsp3) is 0.688. The fourth-order valence-corrected chi connectivity index (χ4v) is 6.20. The highest BCUT2D eigenvalue weighted by Gasteiger charge is 2.30. The van der Waals surface area contributed by atoms with E-state index < -0.39 is 0 Å². The normalized spacial score (nSPS) is 15.4. The van der Waals surface area contributed by atoms with E-state index in [2.05, 4.69) is 85.4 Å². The van der Waals surface area contributed by atoms with Gasteiger partial charge in [0.05, 0.1) is 19.3 Å². The lowest BCUT2D eigenvalue weighted by atomic mass is 9.74. The molecule has 0 spiro atoms. The monoisotopic (exact) mass is 711 g/mol. The van der Waals surface area contributed by atoms with E-state index in [0.29, 0.717) is 30.0 Å². The number of allylic oxidation sites excluding steroid dienone is 1. The molecule has 3 nitrogen and oxygen atoms in total. The number of hydrogen-bond donors (Lipinski definition) is 0. The highest BCUT2D eigenvalue weighted by Crippen LogP contribution is 2.43. The van der Waals surface area contributed by atoms with Crippen molar-refractivity contribution in [3.63, 3.8) is 0 Å². The molecule has 2 aromatic carbocycles. The average molecular weight is 711 g/mol. The Morgan fingerprint density at radius 3 is 1.86 bits per heavy atom. The average Bonchev–Trinajstić information content (AvgIpc) is 3.07. The van der Waals surface area contributed by atoms with Crippen molar-refractivity contribution < 1.29 is 14.3 Å². The summed E-state index contributed by atoms with van der Waals surface area (Å²) in [6.07, 6.45) is 17.3. The zero-order chi connectivity index (χ0) is 39.8. The third-order valence-corrected chi connectivity index (χ3v) is 8.30. The summed E-state index contributed by atoms with van der Waals surface area (Å²) in [4.78, 5) is 11.6. The lowest BCUT2D eigenvalue weighted by Crippen LogP contribution is -2.31. The van der Waals surface area contributed by atoms with Crippen LogP contribution in [0.1, 0.15) is 192 Å². The molecule has 0 N–H and O–H groups in total. The molecule has 2 saturated carbocycles. The van der Waals surface area contributed by atoms with Gasteiger partial charge in [-0.1, -0.05) is 152 Å². The molecule has 0 radical (unpaired) electrons. The van der Waals surface area contributed by atoms with Crippen LogP contribution in [0.5, 0.6) is 5.75 Å². The Morgan fingerprint density at radius 2 is 1.43 bits per heavy atom. The Balaban J connectivity index is -0.000000697. The maximum atomic E-state index is 11.6. The smallest absolute Gasteiger partial charge is 0.134 e. The molecule has 0 aromatic heterocycles. The van der Waals surface area contributed by atoms with Crippen molar-refractivity contribution in [2.75, 3.05) is 7.11 Å². The first-order chi connectivity index (χ1) is 24.4. The molecule has 4 rings (SSSR count). The predicted molar refractivity (Wildman–Crippen MR) is 231 cm³/mol. The quantitative estimate of drug-likeness (QED) is 0.218. The number of methoxy groups -OCH3 is 1. The number of carbonyl (C=O) groups is 1. The zero-order valence-electron chi connectivity index (χ0n) is 36.8. The molecular weight excluding hydrogens is 625 g/mol. The number of hydrogen-bond acceptors (Lipinski definition) is 3. The van der Waals surface area contributed by atoms with Gasteiger partial charge < -0.3 is 9.47 Å². The number of ketones is 1. The molecule has 2 fully saturated rings.